The minimum absolute atomic E-state index is 0.00607. The molecule has 24 heteroatoms. The van der Waals surface area contributed by atoms with Crippen LogP contribution < -0.4 is 33.2 Å². The third-order valence-corrected chi connectivity index (χ3v) is 17.8. The molecule has 6 atom stereocenters. The number of likely N-dealkylation sites (tertiary alicyclic amines) is 2. The molecule has 0 spiro atoms. The normalized spacial score (nSPS) is 19.3. The lowest BCUT2D eigenvalue weighted by Gasteiger charge is -2.41. The zero-order valence-electron chi connectivity index (χ0n) is 49.7. The highest BCUT2D eigenvalue weighted by atomic mass is 19.2. The summed E-state index contributed by atoms with van der Waals surface area (Å²) >= 11 is 0. The van der Waals surface area contributed by atoms with E-state index in [1.807, 2.05) is 11.0 Å². The summed E-state index contributed by atoms with van der Waals surface area (Å²) in [5.74, 6) is -10.00. The van der Waals surface area contributed by atoms with Gasteiger partial charge in [0, 0.05) is 105 Å². The van der Waals surface area contributed by atoms with Crippen molar-refractivity contribution in [1.82, 2.24) is 30.7 Å². The molecule has 0 aromatic heterocycles. The van der Waals surface area contributed by atoms with Crippen molar-refractivity contribution < 1.29 is 68.3 Å². The standard InChI is InChI=1S/C25H28F3N3O2.C22H24F3N3O2.C19H24F3N3O2/c26-20-14-22(28)21(27)12-16(20)13-23(29)17-10-18-6-7-19(11-17)31(18)24(32)8-9-30-25(33)15-4-2-1-3-5-15;23-17-12-19(25)18(24)10-16(17)11-20(26)14-6-8-28(9-7-14)21(29)13-27-22(30)15-4-2-1-3-5-15;20-14-9-16(22)15(21)7-13(14)8-17(23)11-3-5-25(6-4-11)18(26)10-24-19(27)12-1-2-12/h1-5,12,14,17-19,23H,6-11,13,29H2,(H,30,33);1-5,10,12,14,20H,6-9,11,13,26H2,(H,27,30);7,9,11-12,17H,1-6,8,10,23H2,(H,24,27)/t17?,18-,19+,23-;20-;17-/m111/s1. The highest BCUT2D eigenvalue weighted by molar-refractivity contribution is 5.96. The van der Waals surface area contributed by atoms with Gasteiger partial charge in [-0.15, -0.1) is 0 Å². The van der Waals surface area contributed by atoms with Gasteiger partial charge in [0.1, 0.15) is 17.5 Å². The molecule has 4 saturated heterocycles. The van der Waals surface area contributed by atoms with Gasteiger partial charge in [-0.1, -0.05) is 36.4 Å². The number of rotatable bonds is 19. The number of benzene rings is 5. The molecule has 1 unspecified atom stereocenters. The third-order valence-electron chi connectivity index (χ3n) is 17.8. The SMILES string of the molecule is N[C@H](Cc1cc(F)c(F)cc1F)C1CCN(C(=O)CNC(=O)C2CC2)CC1.N[C@H](Cc1cc(F)c(F)cc1F)C1CCN(C(=O)CNC(=O)c2ccccc2)CC1.N[C@H](Cc1cc(F)c(F)cc1F)C1C[C@H]2CC[C@@H](C1)N2C(=O)CCNC(=O)c1ccccc1. The summed E-state index contributed by atoms with van der Waals surface area (Å²) in [6.45, 7) is 2.14. The molecule has 484 valence electrons. The summed E-state index contributed by atoms with van der Waals surface area (Å²) in [5, 5.41) is 8.07. The van der Waals surface area contributed by atoms with Crippen LogP contribution in [0, 0.1) is 76.0 Å². The first-order chi connectivity index (χ1) is 43.0. The molecular weight excluding hydrogens is 1190 g/mol. The summed E-state index contributed by atoms with van der Waals surface area (Å²) in [6.07, 6.45) is 8.02. The molecular formula is C66H76F9N9O6. The topological polar surface area (TPSA) is 226 Å². The van der Waals surface area contributed by atoms with E-state index in [2.05, 4.69) is 16.0 Å². The molecule has 1 aliphatic carbocycles. The predicted molar refractivity (Wildman–Crippen MR) is 317 cm³/mol. The molecule has 4 aliphatic heterocycles. The highest BCUT2D eigenvalue weighted by Gasteiger charge is 2.44. The Balaban J connectivity index is 0.000000175. The summed E-state index contributed by atoms with van der Waals surface area (Å²) in [7, 11) is 0. The average molecular weight is 1260 g/mol. The fourth-order valence-corrected chi connectivity index (χ4v) is 12.4. The maximum atomic E-state index is 14.0. The summed E-state index contributed by atoms with van der Waals surface area (Å²) in [4.78, 5) is 78.5. The lowest BCUT2D eigenvalue weighted by molar-refractivity contribution is -0.136. The van der Waals surface area contributed by atoms with Gasteiger partial charge >= 0.3 is 0 Å². The van der Waals surface area contributed by atoms with E-state index < -0.39 is 70.5 Å². The van der Waals surface area contributed by atoms with Crippen LogP contribution in [-0.4, -0.2) is 126 Å². The van der Waals surface area contributed by atoms with Crippen molar-refractivity contribution in [2.75, 3.05) is 45.8 Å². The molecule has 4 heterocycles. The van der Waals surface area contributed by atoms with E-state index >= 15 is 0 Å². The first-order valence-corrected chi connectivity index (χ1v) is 30.5. The Morgan fingerprint density at radius 2 is 0.778 bits per heavy atom. The van der Waals surface area contributed by atoms with Crippen molar-refractivity contribution in [1.29, 1.82) is 0 Å². The second kappa shape index (κ2) is 31.8. The zero-order chi connectivity index (χ0) is 64.8. The van der Waals surface area contributed by atoms with Crippen LogP contribution in [0.4, 0.5) is 39.5 Å². The Bertz CT molecular complexity index is 3300. The van der Waals surface area contributed by atoms with Crippen LogP contribution in [0.1, 0.15) is 108 Å². The lowest BCUT2D eigenvalue weighted by atomic mass is 9.82. The largest absolute Gasteiger partial charge is 0.352 e. The molecule has 9 N–H and O–H groups in total. The first-order valence-electron chi connectivity index (χ1n) is 30.5. The van der Waals surface area contributed by atoms with Crippen molar-refractivity contribution in [2.24, 2.45) is 40.9 Å². The van der Waals surface area contributed by atoms with Crippen molar-refractivity contribution in [3.8, 4) is 0 Å². The minimum Gasteiger partial charge on any atom is -0.352 e. The quantitative estimate of drug-likeness (QED) is 0.0348. The molecule has 1 saturated carbocycles. The van der Waals surface area contributed by atoms with E-state index in [-0.39, 0.29) is 133 Å². The molecule has 15 nitrogen and oxygen atoms in total. The van der Waals surface area contributed by atoms with E-state index in [9.17, 15) is 68.3 Å². The summed E-state index contributed by atoms with van der Waals surface area (Å²) in [5.41, 5.74) is 19.9. The maximum absolute atomic E-state index is 14.0. The van der Waals surface area contributed by atoms with Crippen molar-refractivity contribution in [2.45, 2.75) is 120 Å². The highest BCUT2D eigenvalue weighted by Crippen LogP contribution is 2.41. The molecule has 2 bridgehead atoms. The Hall–Kier alpha value is -7.83. The minimum atomic E-state index is -1.23. The molecule has 90 heavy (non-hydrogen) atoms. The molecule has 6 amide bonds. The number of carbonyl (C=O) groups is 6. The number of hydrogen-bond donors (Lipinski definition) is 6. The number of piperidine rings is 3. The Kier molecular flexibility index (Phi) is 24.0. The van der Waals surface area contributed by atoms with Crippen LogP contribution >= 0.6 is 0 Å². The van der Waals surface area contributed by atoms with Crippen LogP contribution in [0.3, 0.4) is 0 Å². The van der Waals surface area contributed by atoms with Gasteiger partial charge in [0.2, 0.25) is 23.6 Å². The maximum Gasteiger partial charge on any atom is 0.251 e. The lowest BCUT2D eigenvalue weighted by Crippen LogP contribution is -2.50. The van der Waals surface area contributed by atoms with Gasteiger partial charge in [0.15, 0.2) is 34.9 Å². The Labute approximate surface area is 516 Å². The monoisotopic (exact) mass is 1260 g/mol. The van der Waals surface area contributed by atoms with Gasteiger partial charge in [-0.05, 0) is 160 Å². The van der Waals surface area contributed by atoms with E-state index in [0.717, 1.165) is 43.9 Å². The first kappa shape index (κ1) is 68.1. The van der Waals surface area contributed by atoms with Gasteiger partial charge in [-0.2, -0.15) is 0 Å². The van der Waals surface area contributed by atoms with Crippen LogP contribution in [0.25, 0.3) is 0 Å². The van der Waals surface area contributed by atoms with Gasteiger partial charge in [-0.25, -0.2) is 39.5 Å². The average Bonchev–Trinajstić information content (AvgIpc) is 1.75. The Morgan fingerprint density at radius 1 is 0.422 bits per heavy atom. The number of halogens is 9. The van der Waals surface area contributed by atoms with E-state index in [1.165, 1.54) is 0 Å². The van der Waals surface area contributed by atoms with Crippen molar-refractivity contribution in [3.63, 3.8) is 0 Å². The van der Waals surface area contributed by atoms with Gasteiger partial charge in [0.25, 0.3) is 11.8 Å². The molecule has 5 aromatic carbocycles. The Morgan fingerprint density at radius 3 is 1.17 bits per heavy atom. The van der Waals surface area contributed by atoms with Gasteiger partial charge < -0.3 is 47.9 Å². The molecule has 5 aliphatic rings. The predicted octanol–water partition coefficient (Wildman–Crippen LogP) is 7.94. The van der Waals surface area contributed by atoms with Gasteiger partial charge in [-0.3, -0.25) is 28.8 Å². The molecule has 10 rings (SSSR count). The number of nitrogens with zero attached hydrogens (tertiary/aromatic N) is 3. The zero-order valence-corrected chi connectivity index (χ0v) is 49.7. The number of carbonyl (C=O) groups excluding carboxylic acids is 6. The number of fused-ring (bicyclic) bond motifs is 2. The number of nitrogens with two attached hydrogens (primary N) is 3. The number of hydrogen-bond acceptors (Lipinski definition) is 9. The van der Waals surface area contributed by atoms with Crippen LogP contribution in [0.15, 0.2) is 97.1 Å². The number of nitrogens with one attached hydrogen (secondary N) is 3. The second-order valence-corrected chi connectivity index (χ2v) is 23.9. The van der Waals surface area contributed by atoms with Crippen LogP contribution in [0.2, 0.25) is 0 Å². The van der Waals surface area contributed by atoms with Gasteiger partial charge in [0.05, 0.1) is 13.1 Å². The summed E-state index contributed by atoms with van der Waals surface area (Å²) in [6, 6.07) is 20.6. The smallest absolute Gasteiger partial charge is 0.251 e. The van der Waals surface area contributed by atoms with E-state index in [1.54, 1.807) is 64.4 Å². The fraction of sp³-hybridized carbons (Fsp3) is 0.455. The van der Waals surface area contributed by atoms with E-state index in [0.29, 0.717) is 94.0 Å². The van der Waals surface area contributed by atoms with E-state index in [4.69, 9.17) is 17.2 Å². The second-order valence-electron chi connectivity index (χ2n) is 23.9. The fourth-order valence-electron chi connectivity index (χ4n) is 12.4. The third kappa shape index (κ3) is 18.6. The van der Waals surface area contributed by atoms with Crippen LogP contribution in [-0.2, 0) is 38.4 Å². The molecule has 5 fully saturated rings. The van der Waals surface area contributed by atoms with Crippen molar-refractivity contribution >= 4 is 35.4 Å². The molecule has 5 aromatic rings. The number of amides is 6. The molecule has 0 radical (unpaired) electrons. The summed E-state index contributed by atoms with van der Waals surface area (Å²) < 4.78 is 121. The van der Waals surface area contributed by atoms with Crippen LogP contribution in [0.5, 0.6) is 0 Å². The van der Waals surface area contributed by atoms with Crippen molar-refractivity contribution in [3.05, 3.63) is 177 Å².